The fraction of sp³-hybridized carbons (Fsp3) is 0.227. The normalized spacial score (nSPS) is 11.3. The first kappa shape index (κ1) is 20.1. The van der Waals surface area contributed by atoms with E-state index in [9.17, 15) is 14.0 Å². The molecule has 2 heterocycles. The van der Waals surface area contributed by atoms with E-state index >= 15 is 0 Å². The lowest BCUT2D eigenvalue weighted by molar-refractivity contribution is 0.615. The molecule has 0 unspecified atom stereocenters. The largest absolute Gasteiger partial charge is 0.332 e. The summed E-state index contributed by atoms with van der Waals surface area (Å²) in [6.45, 7) is 4.49. The molecule has 0 radical (unpaired) electrons. The molecule has 0 saturated carbocycles. The Kier molecular flexibility index (Phi) is 5.30. The van der Waals surface area contributed by atoms with Gasteiger partial charge in [-0.15, -0.1) is 0 Å². The summed E-state index contributed by atoms with van der Waals surface area (Å²) >= 11 is 5.98. The van der Waals surface area contributed by atoms with Crippen molar-refractivity contribution in [1.82, 2.24) is 18.9 Å². The van der Waals surface area contributed by atoms with Crippen molar-refractivity contribution in [3.05, 3.63) is 97.0 Å². The highest BCUT2D eigenvalue weighted by Gasteiger charge is 2.20. The van der Waals surface area contributed by atoms with Crippen molar-refractivity contribution in [2.45, 2.75) is 33.5 Å². The first-order valence-corrected chi connectivity index (χ1v) is 9.96. The molecule has 0 aliphatic heterocycles. The second kappa shape index (κ2) is 7.91. The summed E-state index contributed by atoms with van der Waals surface area (Å²) in [5, 5.41) is 5.06. The lowest BCUT2D eigenvalue weighted by atomic mass is 10.2. The van der Waals surface area contributed by atoms with Crippen LogP contribution in [0.5, 0.6) is 0 Å². The summed E-state index contributed by atoms with van der Waals surface area (Å²) in [6.07, 6.45) is 0. The summed E-state index contributed by atoms with van der Waals surface area (Å²) in [5.41, 5.74) is 2.21. The predicted octanol–water partition coefficient (Wildman–Crippen LogP) is 3.58. The van der Waals surface area contributed by atoms with Gasteiger partial charge in [-0.1, -0.05) is 35.9 Å². The highest BCUT2D eigenvalue weighted by Crippen LogP contribution is 2.17. The van der Waals surface area contributed by atoms with Gasteiger partial charge in [-0.05, 0) is 49.2 Å². The van der Waals surface area contributed by atoms with Gasteiger partial charge in [0.1, 0.15) is 5.82 Å². The number of rotatable bonds is 5. The van der Waals surface area contributed by atoms with Gasteiger partial charge in [-0.3, -0.25) is 18.6 Å². The molecular weight excluding hydrogens is 407 g/mol. The Morgan fingerprint density at radius 2 is 1.47 bits per heavy atom. The van der Waals surface area contributed by atoms with Crippen molar-refractivity contribution in [3.63, 3.8) is 0 Å². The Hall–Kier alpha value is -3.19. The van der Waals surface area contributed by atoms with Crippen molar-refractivity contribution in [2.75, 3.05) is 0 Å². The summed E-state index contributed by atoms with van der Waals surface area (Å²) in [4.78, 5) is 26.6. The number of hydrogen-bond acceptors (Lipinski definition) is 3. The lowest BCUT2D eigenvalue weighted by Crippen LogP contribution is -2.41. The van der Waals surface area contributed by atoms with E-state index in [-0.39, 0.29) is 18.9 Å². The topological polar surface area (TPSA) is 61.8 Å². The number of benzene rings is 2. The summed E-state index contributed by atoms with van der Waals surface area (Å²) in [7, 11) is 0. The molecule has 0 N–H and O–H groups in total. The van der Waals surface area contributed by atoms with Crippen LogP contribution in [0.1, 0.15) is 23.7 Å². The molecule has 4 aromatic rings. The van der Waals surface area contributed by atoms with Gasteiger partial charge >= 0.3 is 5.69 Å². The van der Waals surface area contributed by atoms with Crippen LogP contribution in [0, 0.1) is 12.7 Å². The van der Waals surface area contributed by atoms with Crippen LogP contribution >= 0.6 is 11.6 Å². The number of aromatic nitrogens is 4. The third kappa shape index (κ3) is 3.57. The number of fused-ring (bicyclic) bond motifs is 1. The molecule has 154 valence electrons. The predicted molar refractivity (Wildman–Crippen MR) is 115 cm³/mol. The van der Waals surface area contributed by atoms with Crippen LogP contribution in [0.4, 0.5) is 4.39 Å². The van der Waals surface area contributed by atoms with Gasteiger partial charge in [-0.2, -0.15) is 5.10 Å². The van der Waals surface area contributed by atoms with E-state index in [1.165, 1.54) is 16.7 Å². The number of aryl methyl sites for hydroxylation is 2. The van der Waals surface area contributed by atoms with Gasteiger partial charge in [0.05, 0.1) is 24.3 Å². The van der Waals surface area contributed by atoms with Crippen LogP contribution in [-0.4, -0.2) is 18.9 Å². The monoisotopic (exact) mass is 426 g/mol. The van der Waals surface area contributed by atoms with Gasteiger partial charge in [0.2, 0.25) is 0 Å². The number of halogens is 2. The van der Waals surface area contributed by atoms with E-state index in [0.29, 0.717) is 33.9 Å². The van der Waals surface area contributed by atoms with Crippen molar-refractivity contribution in [3.8, 4) is 0 Å². The van der Waals surface area contributed by atoms with Crippen LogP contribution in [0.15, 0.2) is 58.1 Å². The van der Waals surface area contributed by atoms with Crippen LogP contribution in [0.2, 0.25) is 5.02 Å². The average Bonchev–Trinajstić information content (AvgIpc) is 3.07. The Morgan fingerprint density at radius 1 is 0.900 bits per heavy atom. The fourth-order valence-corrected chi connectivity index (χ4v) is 3.75. The number of nitrogens with zero attached hydrogens (tertiary/aromatic N) is 4. The molecule has 2 aromatic heterocycles. The molecule has 30 heavy (non-hydrogen) atoms. The van der Waals surface area contributed by atoms with Gasteiger partial charge in [0, 0.05) is 11.6 Å². The van der Waals surface area contributed by atoms with Crippen LogP contribution in [0.3, 0.4) is 0 Å². The molecule has 0 fully saturated rings. The first-order chi connectivity index (χ1) is 14.4. The highest BCUT2D eigenvalue weighted by molar-refractivity contribution is 6.30. The van der Waals surface area contributed by atoms with E-state index in [0.717, 1.165) is 5.56 Å². The molecule has 6 nitrogen and oxygen atoms in total. The van der Waals surface area contributed by atoms with Gasteiger partial charge < -0.3 is 0 Å². The lowest BCUT2D eigenvalue weighted by Gasteiger charge is -2.13. The Labute approximate surface area is 176 Å². The SMILES string of the molecule is CCn1nc(C)c2c1c(=O)n(Cc1ccc(F)cc1)c(=O)n2Cc1ccc(Cl)cc1. The van der Waals surface area contributed by atoms with E-state index in [4.69, 9.17) is 11.6 Å². The third-order valence-electron chi connectivity index (χ3n) is 5.08. The maximum atomic E-state index is 13.4. The second-order valence-corrected chi connectivity index (χ2v) is 7.55. The second-order valence-electron chi connectivity index (χ2n) is 7.11. The van der Waals surface area contributed by atoms with E-state index in [2.05, 4.69) is 5.10 Å². The minimum Gasteiger partial charge on any atom is -0.285 e. The molecule has 0 aliphatic carbocycles. The van der Waals surface area contributed by atoms with Crippen LogP contribution in [-0.2, 0) is 19.6 Å². The summed E-state index contributed by atoms with van der Waals surface area (Å²) in [6, 6.07) is 13.0. The molecule has 4 rings (SSSR count). The van der Waals surface area contributed by atoms with Crippen molar-refractivity contribution in [2.24, 2.45) is 0 Å². The number of hydrogen-bond donors (Lipinski definition) is 0. The third-order valence-corrected chi connectivity index (χ3v) is 5.33. The molecule has 0 bridgehead atoms. The molecule has 0 aliphatic rings. The van der Waals surface area contributed by atoms with Crippen molar-refractivity contribution in [1.29, 1.82) is 0 Å². The standard InChI is InChI=1S/C22H20ClFN4O2/c1-3-28-20-19(14(2)25-28)26(12-15-4-8-17(23)9-5-15)22(30)27(21(20)29)13-16-6-10-18(24)11-7-16/h4-11H,3,12-13H2,1-2H3. The zero-order valence-corrected chi connectivity index (χ0v) is 17.4. The average molecular weight is 427 g/mol. The van der Waals surface area contributed by atoms with Gasteiger partial charge in [0.25, 0.3) is 5.56 Å². The molecule has 0 amide bonds. The van der Waals surface area contributed by atoms with E-state index in [1.807, 2.05) is 19.1 Å². The molecule has 2 aromatic carbocycles. The fourth-order valence-electron chi connectivity index (χ4n) is 3.62. The maximum absolute atomic E-state index is 13.4. The van der Waals surface area contributed by atoms with E-state index in [1.54, 1.807) is 40.4 Å². The Bertz CT molecular complexity index is 1340. The van der Waals surface area contributed by atoms with Gasteiger partial charge in [0.15, 0.2) is 5.52 Å². The molecule has 0 saturated heterocycles. The summed E-state index contributed by atoms with van der Waals surface area (Å²) < 4.78 is 17.6. The minimum atomic E-state index is -0.439. The van der Waals surface area contributed by atoms with E-state index < -0.39 is 11.2 Å². The van der Waals surface area contributed by atoms with Crippen LogP contribution in [0.25, 0.3) is 11.0 Å². The molecule has 8 heteroatoms. The smallest absolute Gasteiger partial charge is 0.285 e. The quantitative estimate of drug-likeness (QED) is 0.490. The maximum Gasteiger partial charge on any atom is 0.332 e. The molecule has 0 atom stereocenters. The summed E-state index contributed by atoms with van der Waals surface area (Å²) in [5.74, 6) is -0.374. The van der Waals surface area contributed by atoms with Crippen molar-refractivity contribution >= 4 is 22.6 Å². The molecule has 0 spiro atoms. The highest BCUT2D eigenvalue weighted by atomic mass is 35.5. The van der Waals surface area contributed by atoms with Gasteiger partial charge in [-0.25, -0.2) is 9.18 Å². The van der Waals surface area contributed by atoms with Crippen molar-refractivity contribution < 1.29 is 4.39 Å². The Morgan fingerprint density at radius 3 is 2.07 bits per heavy atom. The molecular formula is C22H20ClFN4O2. The minimum absolute atomic E-state index is 0.0441. The first-order valence-electron chi connectivity index (χ1n) is 9.58. The zero-order valence-electron chi connectivity index (χ0n) is 16.6. The van der Waals surface area contributed by atoms with Crippen LogP contribution < -0.4 is 11.2 Å². The zero-order chi connectivity index (χ0) is 21.4. The Balaban J connectivity index is 1.95.